The number of hydrogen-bond donors (Lipinski definition) is 2. The highest BCUT2D eigenvalue weighted by Gasteiger charge is 2.20. The van der Waals surface area contributed by atoms with Crippen molar-refractivity contribution in [1.82, 2.24) is 0 Å². The SMILES string of the molecule is CCOc1ccc(B(O)O)c(SC)c1Cl. The Hall–Kier alpha value is -0.355. The van der Waals surface area contributed by atoms with Gasteiger partial charge in [0.15, 0.2) is 0 Å². The van der Waals surface area contributed by atoms with Crippen LogP contribution in [0.3, 0.4) is 0 Å². The summed E-state index contributed by atoms with van der Waals surface area (Å²) >= 11 is 7.43. The summed E-state index contributed by atoms with van der Waals surface area (Å²) in [4.78, 5) is 0.637. The molecule has 0 heterocycles. The second-order valence-corrected chi connectivity index (χ2v) is 4.00. The Morgan fingerprint density at radius 2 is 2.13 bits per heavy atom. The van der Waals surface area contributed by atoms with E-state index in [9.17, 15) is 0 Å². The van der Waals surface area contributed by atoms with E-state index < -0.39 is 7.12 Å². The van der Waals surface area contributed by atoms with Crippen LogP contribution in [0.4, 0.5) is 0 Å². The monoisotopic (exact) mass is 246 g/mol. The minimum absolute atomic E-state index is 0.399. The molecule has 15 heavy (non-hydrogen) atoms. The molecular weight excluding hydrogens is 234 g/mol. The molecule has 0 aliphatic carbocycles. The largest absolute Gasteiger partial charge is 0.492 e. The molecule has 0 aliphatic heterocycles. The van der Waals surface area contributed by atoms with Crippen LogP contribution in [0.15, 0.2) is 17.0 Å². The first-order chi connectivity index (χ1) is 7.11. The molecule has 0 atom stereocenters. The normalized spacial score (nSPS) is 10.2. The molecule has 0 saturated heterocycles. The average molecular weight is 247 g/mol. The molecule has 0 aliphatic rings. The molecule has 0 radical (unpaired) electrons. The van der Waals surface area contributed by atoms with E-state index in [1.165, 1.54) is 11.8 Å². The van der Waals surface area contributed by atoms with Crippen LogP contribution in [-0.2, 0) is 0 Å². The first kappa shape index (κ1) is 12.7. The molecule has 0 bridgehead atoms. The van der Waals surface area contributed by atoms with Gasteiger partial charge in [-0.1, -0.05) is 17.7 Å². The van der Waals surface area contributed by atoms with E-state index in [0.29, 0.717) is 27.7 Å². The van der Waals surface area contributed by atoms with Crippen LogP contribution in [0, 0.1) is 0 Å². The summed E-state index contributed by atoms with van der Waals surface area (Å²) in [7, 11) is -1.51. The Balaban J connectivity index is 3.20. The van der Waals surface area contributed by atoms with E-state index in [2.05, 4.69) is 0 Å². The molecule has 0 unspecified atom stereocenters. The average Bonchev–Trinajstić information content (AvgIpc) is 2.20. The van der Waals surface area contributed by atoms with Gasteiger partial charge in [-0.05, 0) is 24.7 Å². The summed E-state index contributed by atoms with van der Waals surface area (Å²) in [6.07, 6.45) is 1.82. The lowest BCUT2D eigenvalue weighted by Crippen LogP contribution is -2.31. The van der Waals surface area contributed by atoms with Crippen molar-refractivity contribution in [2.75, 3.05) is 12.9 Å². The van der Waals surface area contributed by atoms with Crippen LogP contribution in [0.2, 0.25) is 5.02 Å². The third-order valence-corrected chi connectivity index (χ3v) is 3.21. The molecule has 0 saturated carbocycles. The van der Waals surface area contributed by atoms with E-state index in [1.807, 2.05) is 13.2 Å². The molecule has 0 spiro atoms. The Morgan fingerprint density at radius 3 is 2.60 bits per heavy atom. The van der Waals surface area contributed by atoms with E-state index in [-0.39, 0.29) is 0 Å². The van der Waals surface area contributed by atoms with Gasteiger partial charge in [-0.15, -0.1) is 11.8 Å². The van der Waals surface area contributed by atoms with Crippen molar-refractivity contribution in [3.05, 3.63) is 17.2 Å². The zero-order valence-corrected chi connectivity index (χ0v) is 10.1. The predicted octanol–water partition coefficient (Wildman–Crippen LogP) is 1.14. The van der Waals surface area contributed by atoms with Gasteiger partial charge in [-0.3, -0.25) is 0 Å². The molecule has 0 amide bonds. The summed E-state index contributed by atoms with van der Waals surface area (Å²) in [5.74, 6) is 0.563. The number of thioether (sulfide) groups is 1. The van der Waals surface area contributed by atoms with Crippen LogP contribution >= 0.6 is 23.4 Å². The summed E-state index contributed by atoms with van der Waals surface area (Å²) < 4.78 is 5.31. The highest BCUT2D eigenvalue weighted by Crippen LogP contribution is 2.32. The molecule has 1 rings (SSSR count). The second-order valence-electron chi connectivity index (χ2n) is 2.81. The van der Waals surface area contributed by atoms with Crippen LogP contribution in [0.5, 0.6) is 5.75 Å². The van der Waals surface area contributed by atoms with Crippen molar-refractivity contribution in [1.29, 1.82) is 0 Å². The lowest BCUT2D eigenvalue weighted by Gasteiger charge is -2.12. The van der Waals surface area contributed by atoms with Gasteiger partial charge in [-0.2, -0.15) is 0 Å². The highest BCUT2D eigenvalue weighted by molar-refractivity contribution is 7.99. The lowest BCUT2D eigenvalue weighted by atomic mass is 9.80. The molecule has 2 N–H and O–H groups in total. The molecule has 0 aromatic heterocycles. The molecular formula is C9H12BClO3S. The number of halogens is 1. The molecule has 3 nitrogen and oxygen atoms in total. The van der Waals surface area contributed by atoms with Crippen LogP contribution in [0.25, 0.3) is 0 Å². The third kappa shape index (κ3) is 2.81. The molecule has 1 aromatic carbocycles. The topological polar surface area (TPSA) is 49.7 Å². The number of benzene rings is 1. The zero-order chi connectivity index (χ0) is 11.4. The first-order valence-corrected chi connectivity index (χ1v) is 6.07. The maximum atomic E-state index is 9.12. The lowest BCUT2D eigenvalue weighted by molar-refractivity contribution is 0.339. The van der Waals surface area contributed by atoms with E-state index in [1.54, 1.807) is 12.1 Å². The van der Waals surface area contributed by atoms with Gasteiger partial charge in [0.05, 0.1) is 11.6 Å². The number of hydrogen-bond acceptors (Lipinski definition) is 4. The Kier molecular flexibility index (Phi) is 4.79. The smallest absolute Gasteiger partial charge is 0.489 e. The van der Waals surface area contributed by atoms with Gasteiger partial charge < -0.3 is 14.8 Å². The Bertz CT molecular complexity index is 346. The van der Waals surface area contributed by atoms with Crippen molar-refractivity contribution in [2.45, 2.75) is 11.8 Å². The predicted molar refractivity (Wildman–Crippen MR) is 64.2 cm³/mol. The van der Waals surface area contributed by atoms with Crippen molar-refractivity contribution >= 4 is 35.9 Å². The van der Waals surface area contributed by atoms with Crippen molar-refractivity contribution in [3.63, 3.8) is 0 Å². The Morgan fingerprint density at radius 1 is 1.47 bits per heavy atom. The minimum atomic E-state index is -1.51. The fourth-order valence-corrected chi connectivity index (χ4v) is 2.38. The molecule has 6 heteroatoms. The van der Waals surface area contributed by atoms with Gasteiger partial charge in [0.1, 0.15) is 5.75 Å². The highest BCUT2D eigenvalue weighted by atomic mass is 35.5. The molecule has 1 aromatic rings. The maximum Gasteiger partial charge on any atom is 0.489 e. The minimum Gasteiger partial charge on any atom is -0.492 e. The van der Waals surface area contributed by atoms with Crippen LogP contribution in [-0.4, -0.2) is 30.0 Å². The van der Waals surface area contributed by atoms with Gasteiger partial charge in [0.25, 0.3) is 0 Å². The quantitative estimate of drug-likeness (QED) is 0.618. The zero-order valence-electron chi connectivity index (χ0n) is 8.53. The fourth-order valence-electron chi connectivity index (χ4n) is 1.23. The van der Waals surface area contributed by atoms with Gasteiger partial charge >= 0.3 is 7.12 Å². The summed E-state index contributed by atoms with van der Waals surface area (Å²) in [5, 5.41) is 18.7. The van der Waals surface area contributed by atoms with Crippen molar-refractivity contribution in [2.24, 2.45) is 0 Å². The third-order valence-electron chi connectivity index (χ3n) is 1.87. The van der Waals surface area contributed by atoms with E-state index >= 15 is 0 Å². The second kappa shape index (κ2) is 5.65. The first-order valence-electron chi connectivity index (χ1n) is 4.47. The molecule has 82 valence electrons. The van der Waals surface area contributed by atoms with Crippen molar-refractivity contribution in [3.8, 4) is 5.75 Å². The fraction of sp³-hybridized carbons (Fsp3) is 0.333. The van der Waals surface area contributed by atoms with Crippen LogP contribution in [0.1, 0.15) is 6.92 Å². The summed E-state index contributed by atoms with van der Waals surface area (Å²) in [5.41, 5.74) is 0.399. The molecule has 0 fully saturated rings. The number of ether oxygens (including phenoxy) is 1. The standard InChI is InChI=1S/C9H12BClO3S/c1-3-14-7-5-4-6(10(12)13)9(15-2)8(7)11/h4-5,12-13H,3H2,1-2H3. The van der Waals surface area contributed by atoms with Gasteiger partial charge in [0.2, 0.25) is 0 Å². The van der Waals surface area contributed by atoms with Crippen LogP contribution < -0.4 is 10.2 Å². The van der Waals surface area contributed by atoms with E-state index in [4.69, 9.17) is 26.4 Å². The number of rotatable bonds is 4. The summed E-state index contributed by atoms with van der Waals surface area (Å²) in [6, 6.07) is 3.24. The van der Waals surface area contributed by atoms with Gasteiger partial charge in [0, 0.05) is 4.90 Å². The van der Waals surface area contributed by atoms with Gasteiger partial charge in [-0.25, -0.2) is 0 Å². The summed E-state index contributed by atoms with van der Waals surface area (Å²) in [6.45, 7) is 2.39. The van der Waals surface area contributed by atoms with E-state index in [0.717, 1.165) is 0 Å². The maximum absolute atomic E-state index is 9.12. The van der Waals surface area contributed by atoms with Crippen molar-refractivity contribution < 1.29 is 14.8 Å². The Labute approximate surface area is 98.5 Å².